The number of aromatic nitrogens is 2. The first-order chi connectivity index (χ1) is 13.2. The van der Waals surface area contributed by atoms with Crippen LogP contribution in [-0.2, 0) is 11.2 Å². The lowest BCUT2D eigenvalue weighted by atomic mass is 9.97. The molecule has 1 aromatic heterocycles. The van der Waals surface area contributed by atoms with Gasteiger partial charge in [0.1, 0.15) is 17.5 Å². The number of hydrogen-bond acceptors (Lipinski definition) is 4. The zero-order valence-corrected chi connectivity index (χ0v) is 15.1. The van der Waals surface area contributed by atoms with Crippen molar-refractivity contribution in [2.75, 3.05) is 20.3 Å². The Balaban J connectivity index is 1.43. The van der Waals surface area contributed by atoms with Gasteiger partial charge in [0.2, 0.25) is 0 Å². The van der Waals surface area contributed by atoms with E-state index < -0.39 is 0 Å². The predicted molar refractivity (Wildman–Crippen MR) is 102 cm³/mol. The van der Waals surface area contributed by atoms with E-state index in [1.54, 1.807) is 13.2 Å². The second-order valence-electron chi connectivity index (χ2n) is 6.42. The Morgan fingerprint density at radius 2 is 2.15 bits per heavy atom. The minimum atomic E-state index is -0.205. The van der Waals surface area contributed by atoms with E-state index in [0.717, 1.165) is 23.3 Å². The van der Waals surface area contributed by atoms with E-state index in [0.29, 0.717) is 24.5 Å². The number of hydrogen-bond donors (Lipinski definition) is 2. The highest BCUT2D eigenvalue weighted by atomic mass is 16.5. The van der Waals surface area contributed by atoms with Crippen molar-refractivity contribution < 1.29 is 14.3 Å². The van der Waals surface area contributed by atoms with Gasteiger partial charge in [-0.1, -0.05) is 36.4 Å². The minimum Gasteiger partial charge on any atom is -0.497 e. The van der Waals surface area contributed by atoms with Gasteiger partial charge in [0.25, 0.3) is 5.91 Å². The summed E-state index contributed by atoms with van der Waals surface area (Å²) in [4.78, 5) is 12.5. The third-order valence-corrected chi connectivity index (χ3v) is 4.73. The summed E-state index contributed by atoms with van der Waals surface area (Å²) in [5.74, 6) is 0.540. The molecule has 138 valence electrons. The molecular formula is C21H21N3O3. The van der Waals surface area contributed by atoms with Crippen molar-refractivity contribution in [2.24, 2.45) is 0 Å². The van der Waals surface area contributed by atoms with Gasteiger partial charge in [-0.3, -0.25) is 9.89 Å². The third-order valence-electron chi connectivity index (χ3n) is 4.73. The summed E-state index contributed by atoms with van der Waals surface area (Å²) in [7, 11) is 1.62. The highest BCUT2D eigenvalue weighted by Gasteiger charge is 2.21. The van der Waals surface area contributed by atoms with Gasteiger partial charge in [-0.15, -0.1) is 0 Å². The van der Waals surface area contributed by atoms with Crippen LogP contribution in [0.2, 0.25) is 0 Å². The molecule has 2 heterocycles. The summed E-state index contributed by atoms with van der Waals surface area (Å²) in [6, 6.07) is 17.5. The fourth-order valence-electron chi connectivity index (χ4n) is 3.29. The summed E-state index contributed by atoms with van der Waals surface area (Å²) in [5.41, 5.74) is 4.42. The number of fused-ring (bicyclic) bond motifs is 1. The maximum atomic E-state index is 12.5. The van der Waals surface area contributed by atoms with E-state index in [1.807, 2.05) is 36.4 Å². The molecule has 0 saturated heterocycles. The maximum absolute atomic E-state index is 12.5. The second-order valence-corrected chi connectivity index (χ2v) is 6.42. The molecule has 0 bridgehead atoms. The minimum absolute atomic E-state index is 0.125. The number of benzene rings is 2. The van der Waals surface area contributed by atoms with Crippen LogP contribution in [0.4, 0.5) is 0 Å². The Hall–Kier alpha value is -3.12. The van der Waals surface area contributed by atoms with Crippen molar-refractivity contribution in [2.45, 2.75) is 12.5 Å². The van der Waals surface area contributed by atoms with Gasteiger partial charge in [0, 0.05) is 12.1 Å². The number of methoxy groups -OCH3 is 1. The van der Waals surface area contributed by atoms with E-state index in [9.17, 15) is 4.79 Å². The molecule has 4 rings (SSSR count). The average Bonchev–Trinajstić information content (AvgIpc) is 3.22. The number of carbonyl (C=O) groups excluding carboxylic acids is 1. The molecule has 2 aromatic carbocycles. The normalized spacial score (nSPS) is 15.8. The van der Waals surface area contributed by atoms with Crippen LogP contribution in [0, 0.1) is 0 Å². The monoisotopic (exact) mass is 363 g/mol. The van der Waals surface area contributed by atoms with Gasteiger partial charge in [0.15, 0.2) is 0 Å². The molecule has 1 atom stereocenters. The largest absolute Gasteiger partial charge is 0.497 e. The first-order valence-electron chi connectivity index (χ1n) is 8.92. The van der Waals surface area contributed by atoms with E-state index >= 15 is 0 Å². The van der Waals surface area contributed by atoms with Crippen LogP contribution in [-0.4, -0.2) is 36.4 Å². The van der Waals surface area contributed by atoms with Gasteiger partial charge >= 0.3 is 0 Å². The van der Waals surface area contributed by atoms with E-state index in [-0.39, 0.29) is 12.0 Å². The summed E-state index contributed by atoms with van der Waals surface area (Å²) in [6.07, 6.45) is 0.783. The SMILES string of the molecule is COc1cccc(-c2cc(C(=O)NCC3OCCc4ccccc43)[nH]n2)c1. The smallest absolute Gasteiger partial charge is 0.269 e. The maximum Gasteiger partial charge on any atom is 0.269 e. The molecule has 1 aliphatic rings. The highest BCUT2D eigenvalue weighted by Crippen LogP contribution is 2.26. The molecule has 0 aliphatic carbocycles. The van der Waals surface area contributed by atoms with Crippen molar-refractivity contribution in [3.05, 3.63) is 71.4 Å². The lowest BCUT2D eigenvalue weighted by molar-refractivity contribution is 0.0411. The first kappa shape index (κ1) is 17.3. The Labute approximate surface area is 157 Å². The summed E-state index contributed by atoms with van der Waals surface area (Å²) in [5, 5.41) is 9.98. The standard InChI is InChI=1S/C21H21N3O3/c1-26-16-7-4-6-15(11-16)18-12-19(24-23-18)21(25)22-13-20-17-8-3-2-5-14(17)9-10-27-20/h2-8,11-12,20H,9-10,13H2,1H3,(H,22,25)(H,23,24). The third kappa shape index (κ3) is 3.71. The number of nitrogens with zero attached hydrogens (tertiary/aromatic N) is 1. The highest BCUT2D eigenvalue weighted by molar-refractivity contribution is 5.93. The molecule has 0 saturated carbocycles. The number of carbonyl (C=O) groups is 1. The van der Waals surface area contributed by atoms with Gasteiger partial charge in [0.05, 0.1) is 19.4 Å². The van der Waals surface area contributed by atoms with Crippen molar-refractivity contribution in [1.29, 1.82) is 0 Å². The number of H-pyrrole nitrogens is 1. The predicted octanol–water partition coefficient (Wildman–Crippen LogP) is 3.13. The van der Waals surface area contributed by atoms with Crippen LogP contribution in [0.25, 0.3) is 11.3 Å². The molecule has 1 unspecified atom stereocenters. The molecule has 0 spiro atoms. The Kier molecular flexibility index (Phi) is 4.89. The van der Waals surface area contributed by atoms with Crippen molar-refractivity contribution >= 4 is 5.91 Å². The fraction of sp³-hybridized carbons (Fsp3) is 0.238. The second kappa shape index (κ2) is 7.63. The van der Waals surface area contributed by atoms with Crippen molar-refractivity contribution in [3.63, 3.8) is 0 Å². The molecule has 6 heteroatoms. The van der Waals surface area contributed by atoms with Crippen LogP contribution >= 0.6 is 0 Å². The lowest BCUT2D eigenvalue weighted by Gasteiger charge is -2.26. The number of amides is 1. The number of ether oxygens (including phenoxy) is 2. The molecule has 2 N–H and O–H groups in total. The zero-order chi connectivity index (χ0) is 18.6. The first-order valence-corrected chi connectivity index (χ1v) is 8.92. The van der Waals surface area contributed by atoms with Gasteiger partial charge in [-0.05, 0) is 35.7 Å². The molecule has 0 radical (unpaired) electrons. The van der Waals surface area contributed by atoms with Crippen LogP contribution in [0.15, 0.2) is 54.6 Å². The summed E-state index contributed by atoms with van der Waals surface area (Å²) >= 11 is 0. The molecule has 0 fully saturated rings. The van der Waals surface area contributed by atoms with Crippen LogP contribution in [0.3, 0.4) is 0 Å². The van der Waals surface area contributed by atoms with Crippen LogP contribution in [0.5, 0.6) is 5.75 Å². The number of rotatable bonds is 5. The molecule has 27 heavy (non-hydrogen) atoms. The lowest BCUT2D eigenvalue weighted by Crippen LogP contribution is -2.32. The fourth-order valence-corrected chi connectivity index (χ4v) is 3.29. The molecular weight excluding hydrogens is 342 g/mol. The van der Waals surface area contributed by atoms with Crippen molar-refractivity contribution in [3.8, 4) is 17.0 Å². The van der Waals surface area contributed by atoms with Gasteiger partial charge in [-0.25, -0.2) is 0 Å². The quantitative estimate of drug-likeness (QED) is 0.730. The Morgan fingerprint density at radius 3 is 3.04 bits per heavy atom. The van der Waals surface area contributed by atoms with Crippen LogP contribution < -0.4 is 10.1 Å². The van der Waals surface area contributed by atoms with E-state index in [4.69, 9.17) is 9.47 Å². The average molecular weight is 363 g/mol. The van der Waals surface area contributed by atoms with E-state index in [1.165, 1.54) is 5.56 Å². The Bertz CT molecular complexity index is 951. The summed E-state index contributed by atoms with van der Waals surface area (Å²) < 4.78 is 11.1. The van der Waals surface area contributed by atoms with Gasteiger partial charge in [-0.2, -0.15) is 5.10 Å². The Morgan fingerprint density at radius 1 is 1.26 bits per heavy atom. The molecule has 1 amide bonds. The number of nitrogens with one attached hydrogen (secondary N) is 2. The summed E-state index contributed by atoms with van der Waals surface area (Å²) in [6.45, 7) is 1.09. The van der Waals surface area contributed by atoms with Crippen molar-refractivity contribution in [1.82, 2.24) is 15.5 Å². The molecule has 1 aliphatic heterocycles. The molecule has 6 nitrogen and oxygen atoms in total. The zero-order valence-electron chi connectivity index (χ0n) is 15.1. The van der Waals surface area contributed by atoms with E-state index in [2.05, 4.69) is 27.6 Å². The van der Waals surface area contributed by atoms with Gasteiger partial charge < -0.3 is 14.8 Å². The van der Waals surface area contributed by atoms with Crippen LogP contribution in [0.1, 0.15) is 27.7 Å². The molecule has 3 aromatic rings. The number of aromatic amines is 1. The topological polar surface area (TPSA) is 76.2 Å².